The molecular formula is C18H19N3O4S. The highest BCUT2D eigenvalue weighted by atomic mass is 32.1. The molecule has 3 aromatic rings. The van der Waals surface area contributed by atoms with Crippen molar-refractivity contribution in [3.63, 3.8) is 0 Å². The molecule has 2 heterocycles. The van der Waals surface area contributed by atoms with Crippen LogP contribution in [0.3, 0.4) is 0 Å². The average molecular weight is 373 g/mol. The summed E-state index contributed by atoms with van der Waals surface area (Å²) in [5.41, 5.74) is -0.0855. The van der Waals surface area contributed by atoms with Gasteiger partial charge in [0.2, 0.25) is 5.13 Å². The van der Waals surface area contributed by atoms with E-state index < -0.39 is 11.5 Å². The molecule has 0 aliphatic carbocycles. The highest BCUT2D eigenvalue weighted by Crippen LogP contribution is 2.25. The standard InChI is InChI=1S/C18H19N3O4S/c1-4-5-15-20-21-18(26-15)19-17(23)13-9-16(22)25-14-8-11(24-10(2)3)6-7-12(13)14/h6-10H,4-5H2,1-3H3,(H,19,21,23). The molecule has 0 atom stereocenters. The molecule has 8 heteroatoms. The average Bonchev–Trinajstić information content (AvgIpc) is 3.00. The number of amides is 1. The van der Waals surface area contributed by atoms with Gasteiger partial charge in [0.25, 0.3) is 5.91 Å². The molecule has 0 saturated heterocycles. The van der Waals surface area contributed by atoms with Crippen LogP contribution in [0.2, 0.25) is 0 Å². The zero-order valence-electron chi connectivity index (χ0n) is 14.7. The molecule has 2 aromatic heterocycles. The first-order valence-electron chi connectivity index (χ1n) is 8.34. The van der Waals surface area contributed by atoms with Gasteiger partial charge >= 0.3 is 5.63 Å². The van der Waals surface area contributed by atoms with Crippen LogP contribution in [-0.2, 0) is 6.42 Å². The summed E-state index contributed by atoms with van der Waals surface area (Å²) in [6.07, 6.45) is 1.75. The van der Waals surface area contributed by atoms with Crippen LogP contribution in [0, 0.1) is 0 Å². The molecule has 1 N–H and O–H groups in total. The summed E-state index contributed by atoms with van der Waals surface area (Å²) in [6.45, 7) is 5.85. The molecule has 0 fully saturated rings. The minimum Gasteiger partial charge on any atom is -0.491 e. The van der Waals surface area contributed by atoms with Gasteiger partial charge in [-0.15, -0.1) is 10.2 Å². The number of carbonyl (C=O) groups excluding carboxylic acids is 1. The molecule has 0 bridgehead atoms. The number of hydrogen-bond donors (Lipinski definition) is 1. The minimum absolute atomic E-state index is 0.0135. The van der Waals surface area contributed by atoms with Crippen molar-refractivity contribution in [1.82, 2.24) is 10.2 Å². The number of anilines is 1. The summed E-state index contributed by atoms with van der Waals surface area (Å²) < 4.78 is 10.8. The number of ether oxygens (including phenoxy) is 1. The Kier molecular flexibility index (Phi) is 5.32. The lowest BCUT2D eigenvalue weighted by Gasteiger charge is -2.10. The third-order valence-electron chi connectivity index (χ3n) is 3.48. The minimum atomic E-state index is -0.603. The number of nitrogens with zero attached hydrogens (tertiary/aromatic N) is 2. The van der Waals surface area contributed by atoms with E-state index >= 15 is 0 Å². The number of aryl methyl sites for hydroxylation is 1. The summed E-state index contributed by atoms with van der Waals surface area (Å²) in [7, 11) is 0. The van der Waals surface area contributed by atoms with Crippen molar-refractivity contribution in [2.45, 2.75) is 39.7 Å². The maximum absolute atomic E-state index is 12.6. The van der Waals surface area contributed by atoms with Crippen molar-refractivity contribution < 1.29 is 13.9 Å². The van der Waals surface area contributed by atoms with Crippen LogP contribution in [0.1, 0.15) is 42.6 Å². The van der Waals surface area contributed by atoms with Gasteiger partial charge in [-0.05, 0) is 32.4 Å². The molecular weight excluding hydrogens is 354 g/mol. The molecule has 1 aromatic carbocycles. The van der Waals surface area contributed by atoms with E-state index in [0.29, 0.717) is 21.9 Å². The molecule has 0 aliphatic heterocycles. The maximum Gasteiger partial charge on any atom is 0.337 e. The Balaban J connectivity index is 1.92. The molecule has 136 valence electrons. The van der Waals surface area contributed by atoms with E-state index in [-0.39, 0.29) is 11.7 Å². The van der Waals surface area contributed by atoms with Gasteiger partial charge in [0.05, 0.1) is 11.7 Å². The zero-order chi connectivity index (χ0) is 18.7. The number of aromatic nitrogens is 2. The fourth-order valence-corrected chi connectivity index (χ4v) is 3.30. The molecule has 0 saturated carbocycles. The van der Waals surface area contributed by atoms with Crippen LogP contribution < -0.4 is 15.7 Å². The predicted molar refractivity (Wildman–Crippen MR) is 100 cm³/mol. The highest BCUT2D eigenvalue weighted by molar-refractivity contribution is 7.15. The van der Waals surface area contributed by atoms with Crippen molar-refractivity contribution >= 4 is 33.3 Å². The van der Waals surface area contributed by atoms with Crippen LogP contribution in [0.4, 0.5) is 5.13 Å². The molecule has 0 unspecified atom stereocenters. The third kappa shape index (κ3) is 4.08. The van der Waals surface area contributed by atoms with Gasteiger partial charge in [0.1, 0.15) is 16.3 Å². The van der Waals surface area contributed by atoms with Crippen molar-refractivity contribution in [3.05, 3.63) is 45.3 Å². The number of benzene rings is 1. The van der Waals surface area contributed by atoms with E-state index in [0.717, 1.165) is 17.8 Å². The second kappa shape index (κ2) is 7.65. The number of hydrogen-bond acceptors (Lipinski definition) is 7. The second-order valence-corrected chi connectivity index (χ2v) is 7.07. The smallest absolute Gasteiger partial charge is 0.337 e. The van der Waals surface area contributed by atoms with E-state index in [2.05, 4.69) is 15.5 Å². The molecule has 3 rings (SSSR count). The quantitative estimate of drug-likeness (QED) is 0.663. The van der Waals surface area contributed by atoms with E-state index in [1.807, 2.05) is 20.8 Å². The Morgan fingerprint density at radius 2 is 2.12 bits per heavy atom. The molecule has 0 spiro atoms. The van der Waals surface area contributed by atoms with Gasteiger partial charge < -0.3 is 9.15 Å². The lowest BCUT2D eigenvalue weighted by molar-refractivity contribution is 0.102. The number of fused-ring (bicyclic) bond motifs is 1. The molecule has 0 radical (unpaired) electrons. The normalized spacial score (nSPS) is 11.1. The third-order valence-corrected chi connectivity index (χ3v) is 4.38. The fourth-order valence-electron chi connectivity index (χ4n) is 2.46. The Morgan fingerprint density at radius 1 is 1.31 bits per heavy atom. The summed E-state index contributed by atoms with van der Waals surface area (Å²) in [4.78, 5) is 24.5. The summed E-state index contributed by atoms with van der Waals surface area (Å²) in [6, 6.07) is 6.23. The largest absolute Gasteiger partial charge is 0.491 e. The van der Waals surface area contributed by atoms with Gasteiger partial charge in [-0.2, -0.15) is 0 Å². The first-order valence-corrected chi connectivity index (χ1v) is 9.16. The number of carbonyl (C=O) groups is 1. The number of rotatable bonds is 6. The van der Waals surface area contributed by atoms with Crippen molar-refractivity contribution in [3.8, 4) is 5.75 Å². The van der Waals surface area contributed by atoms with Gasteiger partial charge in [0.15, 0.2) is 0 Å². The maximum atomic E-state index is 12.6. The van der Waals surface area contributed by atoms with E-state index in [1.54, 1.807) is 18.2 Å². The molecule has 7 nitrogen and oxygen atoms in total. The van der Waals surface area contributed by atoms with Crippen LogP contribution in [0.5, 0.6) is 5.75 Å². The Morgan fingerprint density at radius 3 is 2.85 bits per heavy atom. The highest BCUT2D eigenvalue weighted by Gasteiger charge is 2.16. The van der Waals surface area contributed by atoms with Gasteiger partial charge in [-0.1, -0.05) is 18.3 Å². The van der Waals surface area contributed by atoms with E-state index in [4.69, 9.17) is 9.15 Å². The van der Waals surface area contributed by atoms with E-state index in [1.165, 1.54) is 17.4 Å². The predicted octanol–water partition coefficient (Wildman–Crippen LogP) is 3.64. The monoisotopic (exact) mass is 373 g/mol. The van der Waals surface area contributed by atoms with Crippen LogP contribution in [0.25, 0.3) is 11.0 Å². The van der Waals surface area contributed by atoms with Crippen LogP contribution in [-0.4, -0.2) is 22.2 Å². The topological polar surface area (TPSA) is 94.3 Å². The van der Waals surface area contributed by atoms with E-state index in [9.17, 15) is 9.59 Å². The first kappa shape index (κ1) is 18.1. The lowest BCUT2D eigenvalue weighted by Crippen LogP contribution is -2.15. The first-order chi connectivity index (χ1) is 12.5. The lowest BCUT2D eigenvalue weighted by atomic mass is 10.1. The second-order valence-electron chi connectivity index (χ2n) is 6.01. The Labute approximate surface area is 154 Å². The molecule has 26 heavy (non-hydrogen) atoms. The summed E-state index contributed by atoms with van der Waals surface area (Å²) in [5, 5.41) is 12.5. The number of nitrogens with one attached hydrogen (secondary N) is 1. The molecule has 0 aliphatic rings. The Hall–Kier alpha value is -2.74. The SMILES string of the molecule is CCCc1nnc(NC(=O)c2cc(=O)oc3cc(OC(C)C)ccc23)s1. The summed E-state index contributed by atoms with van der Waals surface area (Å²) in [5.74, 6) is 0.140. The molecule has 1 amide bonds. The van der Waals surface area contributed by atoms with Crippen molar-refractivity contribution in [2.24, 2.45) is 0 Å². The van der Waals surface area contributed by atoms with Gasteiger partial charge in [-0.3, -0.25) is 10.1 Å². The van der Waals surface area contributed by atoms with Crippen LogP contribution >= 0.6 is 11.3 Å². The van der Waals surface area contributed by atoms with Crippen molar-refractivity contribution in [2.75, 3.05) is 5.32 Å². The zero-order valence-corrected chi connectivity index (χ0v) is 15.6. The van der Waals surface area contributed by atoms with Gasteiger partial charge in [-0.25, -0.2) is 4.79 Å². The summed E-state index contributed by atoms with van der Waals surface area (Å²) >= 11 is 1.32. The Bertz CT molecular complexity index is 994. The van der Waals surface area contributed by atoms with Gasteiger partial charge in [0, 0.05) is 23.9 Å². The fraction of sp³-hybridized carbons (Fsp3) is 0.333. The van der Waals surface area contributed by atoms with Crippen molar-refractivity contribution in [1.29, 1.82) is 0 Å². The van der Waals surface area contributed by atoms with Crippen LogP contribution in [0.15, 0.2) is 33.5 Å².